The highest BCUT2D eigenvalue weighted by atomic mass is 32.1. The van der Waals surface area contributed by atoms with Crippen molar-refractivity contribution in [3.05, 3.63) is 16.6 Å². The standard InChI is InChI=1S/C14H27N3S/c1-12(2)5-6-13(3)15-7-8-17(4)9-14-10-18-11-16-14/h10-13,15H,5-9H2,1-4H3. The molecule has 0 bridgehead atoms. The van der Waals surface area contributed by atoms with Crippen LogP contribution < -0.4 is 5.32 Å². The number of hydrogen-bond acceptors (Lipinski definition) is 4. The summed E-state index contributed by atoms with van der Waals surface area (Å²) in [7, 11) is 2.15. The van der Waals surface area contributed by atoms with E-state index in [4.69, 9.17) is 0 Å². The van der Waals surface area contributed by atoms with Crippen molar-refractivity contribution in [2.45, 2.75) is 46.2 Å². The molecular weight excluding hydrogens is 242 g/mol. The van der Waals surface area contributed by atoms with Crippen LogP contribution in [0, 0.1) is 5.92 Å². The van der Waals surface area contributed by atoms with Crippen LogP contribution in [0.25, 0.3) is 0 Å². The summed E-state index contributed by atoms with van der Waals surface area (Å²) in [5.41, 5.74) is 3.07. The molecule has 1 aromatic heterocycles. The topological polar surface area (TPSA) is 28.2 Å². The van der Waals surface area contributed by atoms with Gasteiger partial charge in [-0.3, -0.25) is 4.90 Å². The molecule has 18 heavy (non-hydrogen) atoms. The van der Waals surface area contributed by atoms with Crippen molar-refractivity contribution in [3.63, 3.8) is 0 Å². The summed E-state index contributed by atoms with van der Waals surface area (Å²) in [5.74, 6) is 0.807. The van der Waals surface area contributed by atoms with Crippen molar-refractivity contribution in [3.8, 4) is 0 Å². The minimum absolute atomic E-state index is 0.625. The molecule has 1 rings (SSSR count). The summed E-state index contributed by atoms with van der Waals surface area (Å²) in [5, 5.41) is 5.71. The molecule has 104 valence electrons. The van der Waals surface area contributed by atoms with Gasteiger partial charge >= 0.3 is 0 Å². The largest absolute Gasteiger partial charge is 0.313 e. The molecule has 0 fully saturated rings. The van der Waals surface area contributed by atoms with E-state index in [1.54, 1.807) is 11.3 Å². The first-order chi connectivity index (χ1) is 8.58. The van der Waals surface area contributed by atoms with E-state index in [9.17, 15) is 0 Å². The number of aromatic nitrogens is 1. The van der Waals surface area contributed by atoms with E-state index in [0.29, 0.717) is 6.04 Å². The first kappa shape index (κ1) is 15.6. The van der Waals surface area contributed by atoms with E-state index >= 15 is 0 Å². The second-order valence-corrected chi connectivity index (χ2v) is 6.26. The Morgan fingerprint density at radius 1 is 1.33 bits per heavy atom. The van der Waals surface area contributed by atoms with E-state index in [1.165, 1.54) is 18.5 Å². The third-order valence-corrected chi connectivity index (χ3v) is 3.71. The highest BCUT2D eigenvalue weighted by Crippen LogP contribution is 2.06. The zero-order valence-electron chi connectivity index (χ0n) is 12.1. The monoisotopic (exact) mass is 269 g/mol. The van der Waals surface area contributed by atoms with Crippen LogP contribution in [0.5, 0.6) is 0 Å². The van der Waals surface area contributed by atoms with Gasteiger partial charge in [0.25, 0.3) is 0 Å². The lowest BCUT2D eigenvalue weighted by molar-refractivity contribution is 0.311. The molecule has 0 aliphatic carbocycles. The highest BCUT2D eigenvalue weighted by molar-refractivity contribution is 7.07. The molecule has 3 nitrogen and oxygen atoms in total. The Morgan fingerprint density at radius 2 is 2.11 bits per heavy atom. The van der Waals surface area contributed by atoms with Crippen molar-refractivity contribution < 1.29 is 0 Å². The van der Waals surface area contributed by atoms with Crippen LogP contribution in [0.3, 0.4) is 0 Å². The third kappa shape index (κ3) is 7.09. The fourth-order valence-corrected chi connectivity index (χ4v) is 2.41. The maximum atomic E-state index is 4.30. The predicted octanol–water partition coefficient (Wildman–Crippen LogP) is 2.99. The summed E-state index contributed by atoms with van der Waals surface area (Å²) in [6.45, 7) is 9.93. The highest BCUT2D eigenvalue weighted by Gasteiger charge is 2.05. The van der Waals surface area contributed by atoms with Crippen molar-refractivity contribution in [2.75, 3.05) is 20.1 Å². The number of nitrogens with one attached hydrogen (secondary N) is 1. The van der Waals surface area contributed by atoms with Gasteiger partial charge in [-0.05, 0) is 32.7 Å². The van der Waals surface area contributed by atoms with Gasteiger partial charge in [-0.15, -0.1) is 11.3 Å². The maximum Gasteiger partial charge on any atom is 0.0795 e. The summed E-state index contributed by atoms with van der Waals surface area (Å²) in [6, 6.07) is 0.625. The van der Waals surface area contributed by atoms with Crippen LogP contribution in [0.4, 0.5) is 0 Å². The number of nitrogens with zero attached hydrogens (tertiary/aromatic N) is 2. The molecule has 0 radical (unpaired) electrons. The smallest absolute Gasteiger partial charge is 0.0795 e. The van der Waals surface area contributed by atoms with Crippen LogP contribution in [0.1, 0.15) is 39.3 Å². The third-order valence-electron chi connectivity index (χ3n) is 3.08. The van der Waals surface area contributed by atoms with E-state index in [0.717, 1.165) is 25.6 Å². The SMILES string of the molecule is CC(C)CCC(C)NCCN(C)Cc1cscn1. The van der Waals surface area contributed by atoms with E-state index < -0.39 is 0 Å². The second-order valence-electron chi connectivity index (χ2n) is 5.54. The quantitative estimate of drug-likeness (QED) is 0.747. The van der Waals surface area contributed by atoms with E-state index in [1.807, 2.05) is 5.51 Å². The molecule has 0 saturated heterocycles. The second kappa shape index (κ2) is 8.62. The fraction of sp³-hybridized carbons (Fsp3) is 0.786. The number of hydrogen-bond donors (Lipinski definition) is 1. The van der Waals surface area contributed by atoms with Gasteiger partial charge in [0.1, 0.15) is 0 Å². The Bertz CT molecular complexity index is 298. The van der Waals surface area contributed by atoms with Gasteiger partial charge in [-0.25, -0.2) is 4.98 Å². The summed E-state index contributed by atoms with van der Waals surface area (Å²) < 4.78 is 0. The molecule has 0 amide bonds. The molecule has 0 aromatic carbocycles. The van der Waals surface area contributed by atoms with Crippen molar-refractivity contribution in [1.82, 2.24) is 15.2 Å². The van der Waals surface area contributed by atoms with E-state index in [-0.39, 0.29) is 0 Å². The number of rotatable bonds is 9. The van der Waals surface area contributed by atoms with Gasteiger partial charge in [0.2, 0.25) is 0 Å². The first-order valence-corrected chi connectivity index (χ1v) is 7.81. The minimum Gasteiger partial charge on any atom is -0.313 e. The predicted molar refractivity (Wildman–Crippen MR) is 80.0 cm³/mol. The maximum absolute atomic E-state index is 4.30. The van der Waals surface area contributed by atoms with Crippen LogP contribution in [-0.4, -0.2) is 36.1 Å². The molecule has 0 spiro atoms. The Kier molecular flexibility index (Phi) is 7.47. The van der Waals surface area contributed by atoms with Crippen LogP contribution in [-0.2, 0) is 6.54 Å². The summed E-state index contributed by atoms with van der Waals surface area (Å²) >= 11 is 1.67. The number of thiazole rings is 1. The molecular formula is C14H27N3S. The van der Waals surface area contributed by atoms with Crippen LogP contribution in [0.15, 0.2) is 10.9 Å². The van der Waals surface area contributed by atoms with Crippen LogP contribution in [0.2, 0.25) is 0 Å². The van der Waals surface area contributed by atoms with E-state index in [2.05, 4.69) is 48.4 Å². The fourth-order valence-electron chi connectivity index (χ4n) is 1.86. The van der Waals surface area contributed by atoms with Gasteiger partial charge in [-0.1, -0.05) is 13.8 Å². The molecule has 1 N–H and O–H groups in total. The summed E-state index contributed by atoms with van der Waals surface area (Å²) in [4.78, 5) is 6.62. The summed E-state index contributed by atoms with van der Waals surface area (Å²) in [6.07, 6.45) is 2.58. The molecule has 1 atom stereocenters. The van der Waals surface area contributed by atoms with Gasteiger partial charge in [0.15, 0.2) is 0 Å². The molecule has 1 unspecified atom stereocenters. The molecule has 0 saturated carbocycles. The lowest BCUT2D eigenvalue weighted by Gasteiger charge is -2.19. The zero-order valence-corrected chi connectivity index (χ0v) is 13.0. The lowest BCUT2D eigenvalue weighted by atomic mass is 10.0. The minimum atomic E-state index is 0.625. The van der Waals surface area contributed by atoms with Crippen LogP contribution >= 0.6 is 11.3 Å². The first-order valence-electron chi connectivity index (χ1n) is 6.87. The Hall–Kier alpha value is -0.450. The van der Waals surface area contributed by atoms with Gasteiger partial charge in [0.05, 0.1) is 11.2 Å². The molecule has 4 heteroatoms. The van der Waals surface area contributed by atoms with Gasteiger partial charge in [0, 0.05) is 31.1 Å². The van der Waals surface area contributed by atoms with Gasteiger partial charge < -0.3 is 5.32 Å². The van der Waals surface area contributed by atoms with Crippen molar-refractivity contribution in [1.29, 1.82) is 0 Å². The van der Waals surface area contributed by atoms with Gasteiger partial charge in [-0.2, -0.15) is 0 Å². The Balaban J connectivity index is 2.06. The zero-order chi connectivity index (χ0) is 13.4. The normalized spacial score (nSPS) is 13.4. The molecule has 0 aliphatic rings. The molecule has 1 heterocycles. The Morgan fingerprint density at radius 3 is 2.72 bits per heavy atom. The molecule has 1 aromatic rings. The number of likely N-dealkylation sites (N-methyl/N-ethyl adjacent to an activating group) is 1. The molecule has 0 aliphatic heterocycles. The average molecular weight is 269 g/mol. The lowest BCUT2D eigenvalue weighted by Crippen LogP contribution is -2.34. The average Bonchev–Trinajstić information content (AvgIpc) is 2.79. The van der Waals surface area contributed by atoms with Crippen molar-refractivity contribution in [2.24, 2.45) is 5.92 Å². The Labute approximate surface area is 116 Å². The van der Waals surface area contributed by atoms with Crippen molar-refractivity contribution >= 4 is 11.3 Å².